The van der Waals surface area contributed by atoms with Crippen LogP contribution in [-0.2, 0) is 11.3 Å². The van der Waals surface area contributed by atoms with Gasteiger partial charge in [-0.2, -0.15) is 0 Å². The Kier molecular flexibility index (Phi) is 4.52. The molecular weight excluding hydrogens is 310 g/mol. The fourth-order valence-electron chi connectivity index (χ4n) is 2.48. The second-order valence-corrected chi connectivity index (χ2v) is 5.15. The first-order chi connectivity index (χ1) is 11.7. The molecule has 0 aliphatic carbocycles. The molecule has 0 amide bonds. The summed E-state index contributed by atoms with van der Waals surface area (Å²) in [5, 5.41) is 3.06. The van der Waals surface area contributed by atoms with Gasteiger partial charge in [0.05, 0.1) is 32.2 Å². The summed E-state index contributed by atoms with van der Waals surface area (Å²) in [6.07, 6.45) is 0. The van der Waals surface area contributed by atoms with Gasteiger partial charge in [0.2, 0.25) is 0 Å². The summed E-state index contributed by atoms with van der Waals surface area (Å²) < 4.78 is 17.3. The first-order valence-electron chi connectivity index (χ1n) is 7.58. The van der Waals surface area contributed by atoms with Gasteiger partial charge in [0.15, 0.2) is 5.65 Å². The first kappa shape index (κ1) is 16.1. The fourth-order valence-corrected chi connectivity index (χ4v) is 2.48. The molecule has 0 spiro atoms. The Bertz CT molecular complexity index is 914. The van der Waals surface area contributed by atoms with E-state index in [1.54, 1.807) is 26.4 Å². The van der Waals surface area contributed by atoms with Crippen LogP contribution < -0.4 is 15.0 Å². The molecule has 0 radical (unpaired) electrons. The smallest absolute Gasteiger partial charge is 0.272 e. The quantitative estimate of drug-likeness (QED) is 0.750. The lowest BCUT2D eigenvalue weighted by Crippen LogP contribution is -2.15. The SMILES string of the molecule is CCOCc1cc(=O)n2[nH]c(-c3ccc(OC)cc3OC)cc2n1. The molecule has 7 heteroatoms. The van der Waals surface area contributed by atoms with Gasteiger partial charge in [0.1, 0.15) is 11.5 Å². The third-order valence-electron chi connectivity index (χ3n) is 3.66. The lowest BCUT2D eigenvalue weighted by Gasteiger charge is -2.08. The number of hydrogen-bond acceptors (Lipinski definition) is 5. The number of rotatable bonds is 6. The Morgan fingerprint density at radius 3 is 2.71 bits per heavy atom. The highest BCUT2D eigenvalue weighted by molar-refractivity contribution is 5.71. The predicted molar refractivity (Wildman–Crippen MR) is 89.7 cm³/mol. The Balaban J connectivity index is 2.08. The van der Waals surface area contributed by atoms with Crippen LogP contribution in [0.5, 0.6) is 11.5 Å². The van der Waals surface area contributed by atoms with Gasteiger partial charge in [-0.15, -0.1) is 0 Å². The summed E-state index contributed by atoms with van der Waals surface area (Å²) in [6.45, 7) is 2.78. The average Bonchev–Trinajstić information content (AvgIpc) is 3.03. The fraction of sp³-hybridized carbons (Fsp3) is 0.294. The number of fused-ring (bicyclic) bond motifs is 1. The topological polar surface area (TPSA) is 77.9 Å². The zero-order valence-corrected chi connectivity index (χ0v) is 13.8. The number of nitrogens with one attached hydrogen (secondary N) is 1. The normalized spacial score (nSPS) is 11.0. The molecule has 0 saturated carbocycles. The highest BCUT2D eigenvalue weighted by Crippen LogP contribution is 2.32. The highest BCUT2D eigenvalue weighted by Gasteiger charge is 2.12. The second kappa shape index (κ2) is 6.76. The largest absolute Gasteiger partial charge is 0.497 e. The van der Waals surface area contributed by atoms with Gasteiger partial charge in [-0.25, -0.2) is 9.50 Å². The van der Waals surface area contributed by atoms with E-state index < -0.39 is 0 Å². The number of nitrogens with zero attached hydrogens (tertiary/aromatic N) is 2. The molecule has 3 aromatic rings. The van der Waals surface area contributed by atoms with Crippen molar-refractivity contribution in [3.8, 4) is 22.8 Å². The molecule has 24 heavy (non-hydrogen) atoms. The van der Waals surface area contributed by atoms with Crippen molar-refractivity contribution in [3.63, 3.8) is 0 Å². The maximum atomic E-state index is 12.2. The molecule has 2 aromatic heterocycles. The number of H-pyrrole nitrogens is 1. The molecule has 0 aliphatic heterocycles. The average molecular weight is 329 g/mol. The minimum Gasteiger partial charge on any atom is -0.497 e. The van der Waals surface area contributed by atoms with Crippen LogP contribution >= 0.6 is 0 Å². The molecule has 126 valence electrons. The summed E-state index contributed by atoms with van der Waals surface area (Å²) in [7, 11) is 3.19. The van der Waals surface area contributed by atoms with Gasteiger partial charge in [0, 0.05) is 30.4 Å². The third-order valence-corrected chi connectivity index (χ3v) is 3.66. The van der Waals surface area contributed by atoms with Gasteiger partial charge >= 0.3 is 0 Å². The Morgan fingerprint density at radius 1 is 1.17 bits per heavy atom. The zero-order valence-electron chi connectivity index (χ0n) is 13.8. The van der Waals surface area contributed by atoms with Gasteiger partial charge < -0.3 is 14.2 Å². The molecule has 3 rings (SSSR count). The van der Waals surface area contributed by atoms with E-state index in [2.05, 4.69) is 10.1 Å². The van der Waals surface area contributed by atoms with E-state index in [1.807, 2.05) is 19.1 Å². The summed E-state index contributed by atoms with van der Waals surface area (Å²) in [5.74, 6) is 1.34. The van der Waals surface area contributed by atoms with Crippen LogP contribution in [0.2, 0.25) is 0 Å². The van der Waals surface area contributed by atoms with Crippen molar-refractivity contribution in [2.24, 2.45) is 0 Å². The number of hydrogen-bond donors (Lipinski definition) is 1. The number of methoxy groups -OCH3 is 2. The number of aromatic nitrogens is 3. The lowest BCUT2D eigenvalue weighted by atomic mass is 10.1. The lowest BCUT2D eigenvalue weighted by molar-refractivity contribution is 0.131. The van der Waals surface area contributed by atoms with Crippen molar-refractivity contribution in [1.29, 1.82) is 0 Å². The van der Waals surface area contributed by atoms with Crippen molar-refractivity contribution in [2.45, 2.75) is 13.5 Å². The van der Waals surface area contributed by atoms with Crippen LogP contribution in [-0.4, -0.2) is 35.4 Å². The zero-order chi connectivity index (χ0) is 17.1. The van der Waals surface area contributed by atoms with Crippen LogP contribution in [0, 0.1) is 0 Å². The summed E-state index contributed by atoms with van der Waals surface area (Å²) in [6, 6.07) is 8.77. The monoisotopic (exact) mass is 329 g/mol. The van der Waals surface area contributed by atoms with E-state index in [0.717, 1.165) is 11.3 Å². The van der Waals surface area contributed by atoms with Crippen LogP contribution in [0.4, 0.5) is 0 Å². The standard InChI is InChI=1S/C17H19N3O4/c1-4-24-10-11-7-17(21)20-16(18-11)9-14(19-20)13-6-5-12(22-2)8-15(13)23-3/h5-9,19H,4,10H2,1-3H3. The molecule has 0 fully saturated rings. The molecular formula is C17H19N3O4. The Hall–Kier alpha value is -2.80. The van der Waals surface area contributed by atoms with Gasteiger partial charge in [0.25, 0.3) is 5.56 Å². The second-order valence-electron chi connectivity index (χ2n) is 5.15. The minimum atomic E-state index is -0.187. The molecule has 1 aromatic carbocycles. The van der Waals surface area contributed by atoms with Crippen molar-refractivity contribution in [1.82, 2.24) is 14.6 Å². The van der Waals surface area contributed by atoms with Crippen molar-refractivity contribution in [3.05, 3.63) is 46.4 Å². The number of ether oxygens (including phenoxy) is 3. The molecule has 0 bridgehead atoms. The van der Waals surface area contributed by atoms with Crippen LogP contribution in [0.15, 0.2) is 35.1 Å². The summed E-state index contributed by atoms with van der Waals surface area (Å²) >= 11 is 0. The van der Waals surface area contributed by atoms with Crippen molar-refractivity contribution < 1.29 is 14.2 Å². The van der Waals surface area contributed by atoms with E-state index in [0.29, 0.717) is 36.1 Å². The van der Waals surface area contributed by atoms with Crippen LogP contribution in [0.3, 0.4) is 0 Å². The van der Waals surface area contributed by atoms with E-state index in [1.165, 1.54) is 10.6 Å². The molecule has 0 aliphatic rings. The molecule has 0 unspecified atom stereocenters. The van der Waals surface area contributed by atoms with Gasteiger partial charge in [-0.1, -0.05) is 0 Å². The Morgan fingerprint density at radius 2 is 2.00 bits per heavy atom. The van der Waals surface area contributed by atoms with Crippen LogP contribution in [0.1, 0.15) is 12.6 Å². The molecule has 0 atom stereocenters. The highest BCUT2D eigenvalue weighted by atomic mass is 16.5. The third kappa shape index (κ3) is 2.98. The van der Waals surface area contributed by atoms with E-state index in [9.17, 15) is 4.79 Å². The number of aromatic amines is 1. The predicted octanol–water partition coefficient (Wildman–Crippen LogP) is 2.24. The van der Waals surface area contributed by atoms with E-state index >= 15 is 0 Å². The Labute approximate surface area is 138 Å². The van der Waals surface area contributed by atoms with Crippen LogP contribution in [0.25, 0.3) is 16.9 Å². The molecule has 7 nitrogen and oxygen atoms in total. The maximum absolute atomic E-state index is 12.2. The number of benzene rings is 1. The maximum Gasteiger partial charge on any atom is 0.272 e. The van der Waals surface area contributed by atoms with Gasteiger partial charge in [-0.3, -0.25) is 9.89 Å². The van der Waals surface area contributed by atoms with E-state index in [4.69, 9.17) is 14.2 Å². The van der Waals surface area contributed by atoms with Crippen molar-refractivity contribution >= 4 is 5.65 Å². The summed E-state index contributed by atoms with van der Waals surface area (Å²) in [4.78, 5) is 16.7. The molecule has 1 N–H and O–H groups in total. The van der Waals surface area contributed by atoms with Crippen molar-refractivity contribution in [2.75, 3.05) is 20.8 Å². The first-order valence-corrected chi connectivity index (χ1v) is 7.58. The van der Waals surface area contributed by atoms with E-state index in [-0.39, 0.29) is 5.56 Å². The minimum absolute atomic E-state index is 0.187. The van der Waals surface area contributed by atoms with Gasteiger partial charge in [-0.05, 0) is 19.1 Å². The molecule has 0 saturated heterocycles. The molecule has 2 heterocycles. The summed E-state index contributed by atoms with van der Waals surface area (Å²) in [5.41, 5.74) is 2.50.